The van der Waals surface area contributed by atoms with E-state index < -0.39 is 0 Å². The van der Waals surface area contributed by atoms with Crippen LogP contribution in [-0.2, 0) is 13.1 Å². The molecular weight excluding hydrogens is 390 g/mol. The van der Waals surface area contributed by atoms with Crippen LogP contribution in [0.1, 0.15) is 42.2 Å². The molecule has 0 fully saturated rings. The number of anilines is 1. The van der Waals surface area contributed by atoms with Crippen molar-refractivity contribution in [1.82, 2.24) is 19.6 Å². The molecule has 0 saturated heterocycles. The first-order chi connectivity index (χ1) is 15.2. The summed E-state index contributed by atoms with van der Waals surface area (Å²) in [6.07, 6.45) is 4.53. The van der Waals surface area contributed by atoms with Gasteiger partial charge < -0.3 is 5.32 Å². The summed E-state index contributed by atoms with van der Waals surface area (Å²) < 4.78 is 3.14. The molecule has 2 aromatic carbocycles. The van der Waals surface area contributed by atoms with Gasteiger partial charge in [0.2, 0.25) is 0 Å². The Labute approximate surface area is 180 Å². The lowest BCUT2D eigenvalue weighted by Gasteiger charge is -2.12. The molecule has 7 heteroatoms. The second-order valence-electron chi connectivity index (χ2n) is 7.44. The van der Waals surface area contributed by atoms with Gasteiger partial charge in [-0.1, -0.05) is 68.3 Å². The molecule has 0 saturated carbocycles. The number of rotatable bonds is 8. The minimum absolute atomic E-state index is 0.169. The Hall–Kier alpha value is -3.74. The summed E-state index contributed by atoms with van der Waals surface area (Å²) in [5, 5.41) is 12.7. The van der Waals surface area contributed by atoms with Gasteiger partial charge in [-0.25, -0.2) is 9.36 Å². The average Bonchev–Trinajstić information content (AvgIpc) is 3.22. The van der Waals surface area contributed by atoms with E-state index in [-0.39, 0.29) is 17.2 Å². The summed E-state index contributed by atoms with van der Waals surface area (Å²) in [6, 6.07) is 18.8. The van der Waals surface area contributed by atoms with Crippen molar-refractivity contribution in [3.05, 3.63) is 88.5 Å². The number of carbonyl (C=O) groups excluding carboxylic acids is 1. The van der Waals surface area contributed by atoms with Gasteiger partial charge in [-0.05, 0) is 18.1 Å². The van der Waals surface area contributed by atoms with E-state index in [2.05, 4.69) is 22.4 Å². The molecule has 2 aromatic heterocycles. The second-order valence-corrected chi connectivity index (χ2v) is 7.44. The first-order valence-electron chi connectivity index (χ1n) is 10.5. The second kappa shape index (κ2) is 9.38. The summed E-state index contributed by atoms with van der Waals surface area (Å²) in [5.74, 6) is 0.207. The Morgan fingerprint density at radius 1 is 0.935 bits per heavy atom. The lowest BCUT2D eigenvalue weighted by Crippen LogP contribution is -2.28. The molecule has 0 aliphatic heterocycles. The fourth-order valence-corrected chi connectivity index (χ4v) is 3.56. The average molecular weight is 415 g/mol. The largest absolute Gasteiger partial charge is 0.305 e. The number of carbonyl (C=O) groups is 1. The van der Waals surface area contributed by atoms with E-state index in [1.54, 1.807) is 41.2 Å². The molecular formula is C24H25N5O2. The third-order valence-corrected chi connectivity index (χ3v) is 5.19. The molecule has 1 N–H and O–H groups in total. The first kappa shape index (κ1) is 20.5. The van der Waals surface area contributed by atoms with Crippen LogP contribution in [0, 0.1) is 0 Å². The minimum Gasteiger partial charge on any atom is -0.305 e. The van der Waals surface area contributed by atoms with Crippen LogP contribution in [0.3, 0.4) is 0 Å². The summed E-state index contributed by atoms with van der Waals surface area (Å²) >= 11 is 0. The van der Waals surface area contributed by atoms with Crippen molar-refractivity contribution < 1.29 is 4.79 Å². The molecule has 4 aromatic rings. The summed E-state index contributed by atoms with van der Waals surface area (Å²) in [7, 11) is 0. The molecule has 0 unspecified atom stereocenters. The molecule has 0 bridgehead atoms. The molecule has 2 heterocycles. The Kier molecular flexibility index (Phi) is 6.21. The van der Waals surface area contributed by atoms with Crippen LogP contribution >= 0.6 is 0 Å². The van der Waals surface area contributed by atoms with Crippen molar-refractivity contribution in [3.8, 4) is 0 Å². The first-order valence-corrected chi connectivity index (χ1v) is 10.5. The van der Waals surface area contributed by atoms with Crippen LogP contribution in [0.4, 0.5) is 5.82 Å². The van der Waals surface area contributed by atoms with Gasteiger partial charge in [0.15, 0.2) is 5.69 Å². The van der Waals surface area contributed by atoms with E-state index in [0.717, 1.165) is 24.8 Å². The number of unbranched alkanes of at least 4 members (excludes halogenated alkanes) is 2. The highest BCUT2D eigenvalue weighted by Crippen LogP contribution is 2.17. The smallest absolute Gasteiger partial charge is 0.277 e. The Morgan fingerprint density at radius 2 is 1.68 bits per heavy atom. The number of hydrogen-bond donors (Lipinski definition) is 1. The van der Waals surface area contributed by atoms with Crippen LogP contribution in [0.15, 0.2) is 71.7 Å². The number of benzene rings is 2. The Bertz CT molecular complexity index is 1240. The van der Waals surface area contributed by atoms with E-state index in [4.69, 9.17) is 0 Å². The third-order valence-electron chi connectivity index (χ3n) is 5.19. The molecule has 0 radical (unpaired) electrons. The van der Waals surface area contributed by atoms with Gasteiger partial charge in [-0.3, -0.25) is 9.59 Å². The quantitative estimate of drug-likeness (QED) is 0.440. The summed E-state index contributed by atoms with van der Waals surface area (Å²) in [6.45, 7) is 3.13. The SMILES string of the molecule is CCCCCn1nc(C(=O)Nc2ccnn2Cc2ccccc2)c2ccccc2c1=O. The monoisotopic (exact) mass is 415 g/mol. The number of fused-ring (bicyclic) bond motifs is 1. The standard InChI is InChI=1S/C24H25N5O2/c1-2-3-9-16-28-24(31)20-13-8-7-12-19(20)22(27-28)23(30)26-21-14-15-25-29(21)17-18-10-5-4-6-11-18/h4-8,10-15H,2-3,9,16-17H2,1H3,(H,26,30). The fraction of sp³-hybridized carbons (Fsp3) is 0.250. The van der Waals surface area contributed by atoms with E-state index >= 15 is 0 Å². The van der Waals surface area contributed by atoms with Crippen molar-refractivity contribution in [2.75, 3.05) is 5.32 Å². The van der Waals surface area contributed by atoms with Crippen molar-refractivity contribution in [2.24, 2.45) is 0 Å². The summed E-state index contributed by atoms with van der Waals surface area (Å²) in [4.78, 5) is 26.0. The Morgan fingerprint density at radius 3 is 2.45 bits per heavy atom. The van der Waals surface area contributed by atoms with E-state index in [9.17, 15) is 9.59 Å². The van der Waals surface area contributed by atoms with Gasteiger partial charge in [0.05, 0.1) is 18.1 Å². The molecule has 0 spiro atoms. The zero-order valence-corrected chi connectivity index (χ0v) is 17.5. The van der Waals surface area contributed by atoms with Crippen LogP contribution in [-0.4, -0.2) is 25.5 Å². The van der Waals surface area contributed by atoms with Crippen LogP contribution in [0.25, 0.3) is 10.8 Å². The predicted molar refractivity (Wildman–Crippen MR) is 121 cm³/mol. The zero-order valence-electron chi connectivity index (χ0n) is 17.5. The number of aromatic nitrogens is 4. The zero-order chi connectivity index (χ0) is 21.6. The number of aryl methyl sites for hydroxylation is 1. The number of nitrogens with one attached hydrogen (secondary N) is 1. The third kappa shape index (κ3) is 4.55. The lowest BCUT2D eigenvalue weighted by molar-refractivity contribution is 0.102. The minimum atomic E-state index is -0.366. The number of nitrogens with zero attached hydrogens (tertiary/aromatic N) is 4. The van der Waals surface area contributed by atoms with Gasteiger partial charge in [0.1, 0.15) is 5.82 Å². The van der Waals surface area contributed by atoms with Gasteiger partial charge in [-0.15, -0.1) is 0 Å². The molecule has 31 heavy (non-hydrogen) atoms. The molecule has 158 valence electrons. The van der Waals surface area contributed by atoms with Crippen LogP contribution in [0.5, 0.6) is 0 Å². The van der Waals surface area contributed by atoms with Crippen LogP contribution in [0.2, 0.25) is 0 Å². The highest BCUT2D eigenvalue weighted by Gasteiger charge is 2.18. The maximum absolute atomic E-state index is 13.2. The van der Waals surface area contributed by atoms with Gasteiger partial charge in [0, 0.05) is 18.0 Å². The topological polar surface area (TPSA) is 81.8 Å². The lowest BCUT2D eigenvalue weighted by atomic mass is 10.1. The maximum atomic E-state index is 13.2. The van der Waals surface area contributed by atoms with Crippen molar-refractivity contribution in [1.29, 1.82) is 0 Å². The number of amides is 1. The predicted octanol–water partition coefficient (Wildman–Crippen LogP) is 4.08. The highest BCUT2D eigenvalue weighted by molar-refractivity contribution is 6.10. The maximum Gasteiger partial charge on any atom is 0.277 e. The van der Waals surface area contributed by atoms with E-state index in [1.165, 1.54) is 4.68 Å². The Balaban J connectivity index is 1.65. The molecule has 0 atom stereocenters. The van der Waals surface area contributed by atoms with E-state index in [1.807, 2.05) is 30.3 Å². The molecule has 0 aliphatic carbocycles. The normalized spacial score (nSPS) is 11.0. The van der Waals surface area contributed by atoms with Gasteiger partial charge >= 0.3 is 0 Å². The van der Waals surface area contributed by atoms with Crippen molar-refractivity contribution in [3.63, 3.8) is 0 Å². The van der Waals surface area contributed by atoms with Crippen molar-refractivity contribution in [2.45, 2.75) is 39.3 Å². The van der Waals surface area contributed by atoms with E-state index in [0.29, 0.717) is 29.7 Å². The summed E-state index contributed by atoms with van der Waals surface area (Å²) in [5.41, 5.74) is 1.14. The molecule has 1 amide bonds. The molecule has 0 aliphatic rings. The van der Waals surface area contributed by atoms with Crippen LogP contribution < -0.4 is 10.9 Å². The van der Waals surface area contributed by atoms with Gasteiger partial charge in [0.25, 0.3) is 11.5 Å². The van der Waals surface area contributed by atoms with Crippen molar-refractivity contribution >= 4 is 22.5 Å². The fourth-order valence-electron chi connectivity index (χ4n) is 3.56. The molecule has 4 rings (SSSR count). The highest BCUT2D eigenvalue weighted by atomic mass is 16.2. The molecule has 7 nitrogen and oxygen atoms in total. The number of hydrogen-bond acceptors (Lipinski definition) is 4. The van der Waals surface area contributed by atoms with Gasteiger partial charge in [-0.2, -0.15) is 10.2 Å².